The third-order valence-electron chi connectivity index (χ3n) is 3.79. The van der Waals surface area contributed by atoms with Gasteiger partial charge in [0.15, 0.2) is 0 Å². The van der Waals surface area contributed by atoms with Gasteiger partial charge in [0.25, 0.3) is 0 Å². The third-order valence-corrected chi connectivity index (χ3v) is 4.52. The fourth-order valence-electron chi connectivity index (χ4n) is 2.50. The number of aromatic nitrogens is 1. The summed E-state index contributed by atoms with van der Waals surface area (Å²) in [4.78, 5) is 4.13. The molecule has 0 aliphatic carbocycles. The topological polar surface area (TPSA) is 43.4 Å². The molecule has 0 unspecified atom stereocenters. The van der Waals surface area contributed by atoms with Crippen molar-refractivity contribution in [1.82, 2.24) is 10.3 Å². The summed E-state index contributed by atoms with van der Waals surface area (Å²) in [5.41, 5.74) is 2.11. The molecule has 0 saturated heterocycles. The lowest BCUT2D eigenvalue weighted by molar-refractivity contribution is 0.295. The monoisotopic (exact) mass is 446 g/mol. The summed E-state index contributed by atoms with van der Waals surface area (Å²) in [6.45, 7) is 2.40. The van der Waals surface area contributed by atoms with E-state index in [0.717, 1.165) is 21.3 Å². The van der Waals surface area contributed by atoms with Crippen LogP contribution in [0.25, 0.3) is 0 Å². The predicted octanol–water partition coefficient (Wildman–Crippen LogP) is 5.25. The molecule has 1 N–H and O–H groups in total. The maximum Gasteiger partial charge on any atom is 0.213 e. The Bertz CT molecular complexity index is 862. The van der Waals surface area contributed by atoms with Gasteiger partial charge in [0.1, 0.15) is 19.0 Å². The minimum Gasteiger partial charge on any atom is -0.489 e. The van der Waals surface area contributed by atoms with E-state index in [1.54, 1.807) is 6.20 Å². The summed E-state index contributed by atoms with van der Waals surface area (Å²) in [5, 5.41) is 4.08. The average Bonchev–Trinajstić information content (AvgIpc) is 2.68. The summed E-state index contributed by atoms with van der Waals surface area (Å²) in [6, 6.07) is 19.3. The van der Waals surface area contributed by atoms with E-state index in [2.05, 4.69) is 32.3 Å². The molecule has 3 rings (SSSR count). The molecule has 2 aromatic carbocycles. The molecule has 0 aliphatic rings. The van der Waals surface area contributed by atoms with Crippen molar-refractivity contribution in [1.29, 1.82) is 0 Å². The Morgan fingerprint density at radius 2 is 1.93 bits per heavy atom. The van der Waals surface area contributed by atoms with E-state index in [-0.39, 0.29) is 0 Å². The van der Waals surface area contributed by atoms with Crippen molar-refractivity contribution in [2.24, 2.45) is 0 Å². The zero-order chi connectivity index (χ0) is 18.9. The number of nitrogens with zero attached hydrogens (tertiary/aromatic N) is 1. The Balaban J connectivity index is 1.51. The largest absolute Gasteiger partial charge is 0.489 e. The van der Waals surface area contributed by atoms with Gasteiger partial charge in [-0.25, -0.2) is 4.98 Å². The summed E-state index contributed by atoms with van der Waals surface area (Å²) < 4.78 is 12.6. The molecule has 1 aromatic heterocycles. The second kappa shape index (κ2) is 10.3. The molecule has 4 nitrogen and oxygen atoms in total. The fourth-order valence-corrected chi connectivity index (χ4v) is 3.12. The quantitative estimate of drug-likeness (QED) is 0.455. The highest BCUT2D eigenvalue weighted by atomic mass is 79.9. The molecule has 0 bridgehead atoms. The van der Waals surface area contributed by atoms with Crippen LogP contribution in [0.4, 0.5) is 0 Å². The van der Waals surface area contributed by atoms with Crippen LogP contribution >= 0.6 is 27.5 Å². The molecule has 6 heteroatoms. The predicted molar refractivity (Wildman–Crippen MR) is 111 cm³/mol. The average molecular weight is 448 g/mol. The van der Waals surface area contributed by atoms with Gasteiger partial charge in [0, 0.05) is 40.4 Å². The number of pyridine rings is 1. The fraction of sp³-hybridized carbons (Fsp3) is 0.190. The lowest BCUT2D eigenvalue weighted by Crippen LogP contribution is -2.21. The van der Waals surface area contributed by atoms with Crippen molar-refractivity contribution >= 4 is 27.5 Å². The van der Waals surface area contributed by atoms with Crippen LogP contribution < -0.4 is 14.8 Å². The highest BCUT2D eigenvalue weighted by molar-refractivity contribution is 9.10. The molecule has 140 valence electrons. The smallest absolute Gasteiger partial charge is 0.213 e. The maximum absolute atomic E-state index is 6.03. The van der Waals surface area contributed by atoms with Gasteiger partial charge in [-0.1, -0.05) is 45.7 Å². The Kier molecular flexibility index (Phi) is 7.51. The van der Waals surface area contributed by atoms with E-state index in [0.29, 0.717) is 37.2 Å². The molecular formula is C21H20BrClN2O2. The number of halogens is 2. The van der Waals surface area contributed by atoms with Crippen LogP contribution in [-0.2, 0) is 13.2 Å². The highest BCUT2D eigenvalue weighted by Crippen LogP contribution is 2.24. The van der Waals surface area contributed by atoms with Crippen molar-refractivity contribution in [3.8, 4) is 11.6 Å². The van der Waals surface area contributed by atoms with Crippen molar-refractivity contribution in [2.45, 2.75) is 13.2 Å². The summed E-state index contributed by atoms with van der Waals surface area (Å²) in [5.74, 6) is 1.48. The molecule has 0 spiro atoms. The summed E-state index contributed by atoms with van der Waals surface area (Å²) >= 11 is 9.55. The van der Waals surface area contributed by atoms with Gasteiger partial charge < -0.3 is 14.8 Å². The van der Waals surface area contributed by atoms with E-state index < -0.39 is 0 Å². The molecular weight excluding hydrogens is 428 g/mol. The maximum atomic E-state index is 6.03. The first-order valence-corrected chi connectivity index (χ1v) is 9.78. The summed E-state index contributed by atoms with van der Waals surface area (Å²) in [7, 11) is 0. The van der Waals surface area contributed by atoms with E-state index in [9.17, 15) is 0 Å². The zero-order valence-corrected chi connectivity index (χ0v) is 17.0. The van der Waals surface area contributed by atoms with Gasteiger partial charge in [-0.2, -0.15) is 0 Å². The van der Waals surface area contributed by atoms with Crippen LogP contribution in [0, 0.1) is 0 Å². The molecule has 0 atom stereocenters. The third kappa shape index (κ3) is 6.54. The lowest BCUT2D eigenvalue weighted by atomic mass is 10.2. The second-order valence-corrected chi connectivity index (χ2v) is 7.22. The number of benzene rings is 2. The van der Waals surface area contributed by atoms with Gasteiger partial charge in [-0.3, -0.25) is 0 Å². The number of ether oxygens (including phenoxy) is 2. The second-order valence-electron chi connectivity index (χ2n) is 5.86. The zero-order valence-electron chi connectivity index (χ0n) is 14.7. The van der Waals surface area contributed by atoms with Crippen LogP contribution in [0.2, 0.25) is 5.02 Å². The van der Waals surface area contributed by atoms with Gasteiger partial charge in [0.2, 0.25) is 5.88 Å². The van der Waals surface area contributed by atoms with E-state index >= 15 is 0 Å². The Labute approximate surface area is 172 Å². The van der Waals surface area contributed by atoms with Crippen molar-refractivity contribution in [2.75, 3.05) is 13.2 Å². The first-order valence-electron chi connectivity index (χ1n) is 8.61. The van der Waals surface area contributed by atoms with Crippen LogP contribution in [0.15, 0.2) is 71.3 Å². The first kappa shape index (κ1) is 19.7. The number of rotatable bonds is 9. The first-order chi connectivity index (χ1) is 13.2. The Morgan fingerprint density at radius 3 is 2.74 bits per heavy atom. The van der Waals surface area contributed by atoms with Crippen LogP contribution in [0.5, 0.6) is 11.6 Å². The van der Waals surface area contributed by atoms with Crippen molar-refractivity contribution in [3.63, 3.8) is 0 Å². The van der Waals surface area contributed by atoms with Crippen molar-refractivity contribution in [3.05, 3.63) is 87.5 Å². The molecule has 0 saturated carbocycles. The number of hydrogen-bond acceptors (Lipinski definition) is 4. The van der Waals surface area contributed by atoms with Crippen molar-refractivity contribution < 1.29 is 9.47 Å². The van der Waals surface area contributed by atoms with Gasteiger partial charge in [-0.15, -0.1) is 0 Å². The number of nitrogens with one attached hydrogen (secondary N) is 1. The van der Waals surface area contributed by atoms with Crippen LogP contribution in [-0.4, -0.2) is 18.1 Å². The molecule has 0 fully saturated rings. The summed E-state index contributed by atoms with van der Waals surface area (Å²) in [6.07, 6.45) is 1.72. The van der Waals surface area contributed by atoms with Crippen LogP contribution in [0.1, 0.15) is 11.1 Å². The Hall–Kier alpha value is -2.08. The molecule has 3 aromatic rings. The van der Waals surface area contributed by atoms with E-state index in [1.165, 1.54) is 0 Å². The molecule has 1 heterocycles. The molecule has 0 aliphatic heterocycles. The SMILES string of the molecule is Clc1cccc(COc2ccc(Br)cc2CNCCOc2ccccn2)c1. The van der Waals surface area contributed by atoms with Gasteiger partial charge in [0.05, 0.1) is 0 Å². The van der Waals surface area contributed by atoms with E-state index in [4.69, 9.17) is 21.1 Å². The molecule has 0 amide bonds. The minimum absolute atomic E-state index is 0.470. The standard InChI is InChI=1S/C21H20BrClN2O2/c22-18-7-8-20(27-15-16-4-3-5-19(23)12-16)17(13-18)14-24-10-11-26-21-6-1-2-9-25-21/h1-9,12-13,24H,10-11,14-15H2. The molecule has 0 radical (unpaired) electrons. The highest BCUT2D eigenvalue weighted by Gasteiger charge is 2.06. The van der Waals surface area contributed by atoms with Crippen LogP contribution in [0.3, 0.4) is 0 Å². The van der Waals surface area contributed by atoms with Gasteiger partial charge >= 0.3 is 0 Å². The Morgan fingerprint density at radius 1 is 1.00 bits per heavy atom. The normalized spacial score (nSPS) is 10.6. The van der Waals surface area contributed by atoms with E-state index in [1.807, 2.05) is 54.6 Å². The molecule has 27 heavy (non-hydrogen) atoms. The number of hydrogen-bond donors (Lipinski definition) is 1. The minimum atomic E-state index is 0.470. The lowest BCUT2D eigenvalue weighted by Gasteiger charge is -2.13. The van der Waals surface area contributed by atoms with Gasteiger partial charge in [-0.05, 0) is 42.0 Å².